The number of hydrogen-bond acceptors (Lipinski definition) is 8. The molecule has 9 nitrogen and oxygen atoms in total. The topological polar surface area (TPSA) is 103 Å². The molecule has 1 aliphatic rings. The summed E-state index contributed by atoms with van der Waals surface area (Å²) in [6, 6.07) is 13.0. The maximum Gasteiger partial charge on any atom is 0.253 e. The van der Waals surface area contributed by atoms with Gasteiger partial charge in [0.15, 0.2) is 0 Å². The van der Waals surface area contributed by atoms with E-state index < -0.39 is 0 Å². The maximum atomic E-state index is 13.2. The summed E-state index contributed by atoms with van der Waals surface area (Å²) in [5.74, 6) is 1.27. The van der Waals surface area contributed by atoms with E-state index in [0.29, 0.717) is 28.8 Å². The van der Waals surface area contributed by atoms with Gasteiger partial charge in [0.1, 0.15) is 23.3 Å². The fraction of sp³-hybridized carbons (Fsp3) is 0.227. The number of amides is 1. The Morgan fingerprint density at radius 2 is 1.88 bits per heavy atom. The van der Waals surface area contributed by atoms with E-state index in [9.17, 15) is 4.79 Å². The lowest BCUT2D eigenvalue weighted by Crippen LogP contribution is -2.28. The number of hydrogen-bond donors (Lipinski definition) is 0. The van der Waals surface area contributed by atoms with E-state index in [4.69, 9.17) is 8.83 Å². The Morgan fingerprint density at radius 1 is 1.09 bits per heavy atom. The van der Waals surface area contributed by atoms with Gasteiger partial charge in [-0.1, -0.05) is 30.0 Å². The lowest BCUT2D eigenvalue weighted by molar-refractivity contribution is -0.130. The van der Waals surface area contributed by atoms with Crippen LogP contribution in [0.15, 0.2) is 74.1 Å². The number of carbonyl (C=O) groups excluding carboxylic acids is 1. The Balaban J connectivity index is 1.37. The molecule has 1 aromatic carbocycles. The summed E-state index contributed by atoms with van der Waals surface area (Å²) in [6.07, 6.45) is 3.70. The standard InChI is InChI=1S/C22H20N6O3S/c1-14-6-3-7-15(2)21(14)28-22(23-25-26-28)32-13-20(29)27-17(19-9-5-11-31-19)12-16(24-27)18-8-4-10-30-18/h3-11,17H,12-13H2,1-2H3. The van der Waals surface area contributed by atoms with Crippen LogP contribution in [-0.4, -0.2) is 42.6 Å². The first-order valence-electron chi connectivity index (χ1n) is 10.1. The number of benzene rings is 1. The summed E-state index contributed by atoms with van der Waals surface area (Å²) in [7, 11) is 0. The first-order valence-corrected chi connectivity index (χ1v) is 11.0. The number of aromatic nitrogens is 4. The van der Waals surface area contributed by atoms with Crippen LogP contribution < -0.4 is 0 Å². The first-order chi connectivity index (χ1) is 15.6. The molecule has 1 atom stereocenters. The maximum absolute atomic E-state index is 13.2. The molecule has 4 aromatic rings. The molecule has 0 radical (unpaired) electrons. The second kappa shape index (κ2) is 8.46. The fourth-order valence-corrected chi connectivity index (χ4v) is 4.50. The van der Waals surface area contributed by atoms with Crippen LogP contribution in [0.3, 0.4) is 0 Å². The Hall–Kier alpha value is -3.66. The van der Waals surface area contributed by atoms with Gasteiger partial charge in [-0.3, -0.25) is 4.79 Å². The second-order valence-electron chi connectivity index (χ2n) is 7.40. The minimum absolute atomic E-state index is 0.122. The zero-order valence-corrected chi connectivity index (χ0v) is 18.3. The molecular formula is C22H20N6O3S. The average Bonchev–Trinajstić information content (AvgIpc) is 3.58. The van der Waals surface area contributed by atoms with Crippen molar-refractivity contribution in [3.05, 3.63) is 77.6 Å². The molecule has 10 heteroatoms. The van der Waals surface area contributed by atoms with Crippen LogP contribution in [0.1, 0.15) is 35.1 Å². The van der Waals surface area contributed by atoms with Gasteiger partial charge in [0.2, 0.25) is 5.16 Å². The summed E-state index contributed by atoms with van der Waals surface area (Å²) in [5.41, 5.74) is 3.72. The lowest BCUT2D eigenvalue weighted by Gasteiger charge is -2.19. The summed E-state index contributed by atoms with van der Waals surface area (Å²) in [4.78, 5) is 13.2. The normalized spacial score (nSPS) is 15.9. The van der Waals surface area contributed by atoms with Gasteiger partial charge < -0.3 is 8.83 Å². The predicted molar refractivity (Wildman–Crippen MR) is 118 cm³/mol. The number of rotatable bonds is 6. The molecule has 1 amide bonds. The van der Waals surface area contributed by atoms with Crippen LogP contribution in [0.5, 0.6) is 0 Å². The van der Waals surface area contributed by atoms with Crippen molar-refractivity contribution in [3.63, 3.8) is 0 Å². The van der Waals surface area contributed by atoms with Crippen LogP contribution in [0.4, 0.5) is 0 Å². The van der Waals surface area contributed by atoms with Crippen LogP contribution in [0, 0.1) is 13.8 Å². The van der Waals surface area contributed by atoms with Gasteiger partial charge in [0.25, 0.3) is 5.91 Å². The van der Waals surface area contributed by atoms with Crippen LogP contribution in [0.25, 0.3) is 5.69 Å². The number of tetrazole rings is 1. The van der Waals surface area contributed by atoms with Crippen LogP contribution >= 0.6 is 11.8 Å². The Kier molecular flexibility index (Phi) is 5.36. The smallest absolute Gasteiger partial charge is 0.253 e. The van der Waals surface area contributed by atoms with Crippen LogP contribution in [-0.2, 0) is 4.79 Å². The molecule has 0 bridgehead atoms. The van der Waals surface area contributed by atoms with Gasteiger partial charge in [-0.05, 0) is 59.7 Å². The number of carbonyl (C=O) groups is 1. The van der Waals surface area contributed by atoms with E-state index in [1.165, 1.54) is 16.8 Å². The summed E-state index contributed by atoms with van der Waals surface area (Å²) in [5, 5.41) is 18.6. The molecule has 5 rings (SSSR count). The monoisotopic (exact) mass is 448 g/mol. The zero-order valence-electron chi connectivity index (χ0n) is 17.5. The molecule has 32 heavy (non-hydrogen) atoms. The molecule has 1 unspecified atom stereocenters. The van der Waals surface area contributed by atoms with Crippen molar-refractivity contribution >= 4 is 23.4 Å². The highest BCUT2D eigenvalue weighted by atomic mass is 32.2. The Morgan fingerprint density at radius 3 is 2.59 bits per heavy atom. The predicted octanol–water partition coefficient (Wildman–Crippen LogP) is 3.94. The molecule has 1 aliphatic heterocycles. The minimum Gasteiger partial charge on any atom is -0.467 e. The molecule has 3 aromatic heterocycles. The molecule has 0 saturated carbocycles. The number of nitrogens with zero attached hydrogens (tertiary/aromatic N) is 6. The van der Waals surface area contributed by atoms with E-state index in [1.807, 2.05) is 44.2 Å². The van der Waals surface area contributed by atoms with Gasteiger partial charge in [0.05, 0.1) is 24.0 Å². The molecule has 162 valence electrons. The highest BCUT2D eigenvalue weighted by molar-refractivity contribution is 7.99. The molecule has 0 aliphatic carbocycles. The second-order valence-corrected chi connectivity index (χ2v) is 8.34. The van der Waals surface area contributed by atoms with Crippen LogP contribution in [0.2, 0.25) is 0 Å². The summed E-state index contributed by atoms with van der Waals surface area (Å²) in [6.45, 7) is 4.01. The Labute approximate surface area is 188 Å². The van der Waals surface area contributed by atoms with Crippen molar-refractivity contribution in [3.8, 4) is 5.69 Å². The third-order valence-electron chi connectivity index (χ3n) is 5.26. The highest BCUT2D eigenvalue weighted by Gasteiger charge is 2.35. The first kappa shape index (κ1) is 20.3. The molecule has 0 N–H and O–H groups in total. The quantitative estimate of drug-likeness (QED) is 0.412. The van der Waals surface area contributed by atoms with E-state index in [2.05, 4.69) is 20.6 Å². The average molecular weight is 449 g/mol. The fourth-order valence-electron chi connectivity index (χ4n) is 3.78. The molecule has 0 spiro atoms. The van der Waals surface area contributed by atoms with Gasteiger partial charge in [0, 0.05) is 6.42 Å². The largest absolute Gasteiger partial charge is 0.467 e. The van der Waals surface area contributed by atoms with Gasteiger partial charge in [-0.25, -0.2) is 5.01 Å². The minimum atomic E-state index is -0.326. The number of thioether (sulfide) groups is 1. The van der Waals surface area contributed by atoms with Gasteiger partial charge >= 0.3 is 0 Å². The van der Waals surface area contributed by atoms with Gasteiger partial charge in [-0.15, -0.1) is 5.10 Å². The third kappa shape index (κ3) is 3.73. The number of aryl methyl sites for hydroxylation is 2. The van der Waals surface area contributed by atoms with E-state index in [1.54, 1.807) is 29.3 Å². The van der Waals surface area contributed by atoms with Crippen molar-refractivity contribution < 1.29 is 13.6 Å². The van der Waals surface area contributed by atoms with Crippen molar-refractivity contribution in [2.24, 2.45) is 5.10 Å². The summed E-state index contributed by atoms with van der Waals surface area (Å²) >= 11 is 1.27. The van der Waals surface area contributed by atoms with Crippen molar-refractivity contribution in [1.82, 2.24) is 25.2 Å². The zero-order chi connectivity index (χ0) is 22.1. The van der Waals surface area contributed by atoms with E-state index in [-0.39, 0.29) is 17.7 Å². The third-order valence-corrected chi connectivity index (χ3v) is 6.16. The van der Waals surface area contributed by atoms with E-state index >= 15 is 0 Å². The van der Waals surface area contributed by atoms with E-state index in [0.717, 1.165) is 16.8 Å². The van der Waals surface area contributed by atoms with Crippen molar-refractivity contribution in [2.75, 3.05) is 5.75 Å². The molecule has 0 fully saturated rings. The number of hydrazone groups is 1. The molecule has 0 saturated heterocycles. The number of para-hydroxylation sites is 1. The molecular weight excluding hydrogens is 428 g/mol. The highest BCUT2D eigenvalue weighted by Crippen LogP contribution is 2.34. The summed E-state index contributed by atoms with van der Waals surface area (Å²) < 4.78 is 12.7. The molecule has 4 heterocycles. The van der Waals surface area contributed by atoms with Crippen molar-refractivity contribution in [2.45, 2.75) is 31.5 Å². The van der Waals surface area contributed by atoms with Crippen molar-refractivity contribution in [1.29, 1.82) is 0 Å². The SMILES string of the molecule is Cc1cccc(C)c1-n1nnnc1SCC(=O)N1N=C(c2ccco2)CC1c1ccco1. The lowest BCUT2D eigenvalue weighted by atomic mass is 10.1. The Bertz CT molecular complexity index is 1240. The number of furan rings is 2. The van der Waals surface area contributed by atoms with Gasteiger partial charge in [-0.2, -0.15) is 9.78 Å².